The minimum Gasteiger partial charge on any atom is -0.174 e. The monoisotopic (exact) mass is 294 g/mol. The highest BCUT2D eigenvalue weighted by molar-refractivity contribution is 8.93. The van der Waals surface area contributed by atoms with Gasteiger partial charge in [0.15, 0.2) is 0 Å². The standard InChI is InChI=1S/C8H17.C6H5.BrH.Mg/c1-3-5-7-8-6-4-2;1-2-4-6-5-3-1;;/h1,3-8H2,2H3;1-5H;1H;. The van der Waals surface area contributed by atoms with Gasteiger partial charge in [0.1, 0.15) is 0 Å². The van der Waals surface area contributed by atoms with Gasteiger partial charge in [-0.2, -0.15) is 3.69 Å². The third kappa shape index (κ3) is 8.60. The lowest BCUT2D eigenvalue weighted by Gasteiger charge is -2.00. The Morgan fingerprint density at radius 2 is 1.50 bits per heavy atom. The van der Waals surface area contributed by atoms with Crippen LogP contribution in [0.15, 0.2) is 30.3 Å². The Morgan fingerprint density at radius 1 is 0.875 bits per heavy atom. The van der Waals surface area contributed by atoms with E-state index in [4.69, 9.17) is 0 Å². The van der Waals surface area contributed by atoms with Gasteiger partial charge in [0.25, 0.3) is 0 Å². The number of hydrogen-bond acceptors (Lipinski definition) is 0. The highest BCUT2D eigenvalue weighted by Gasteiger charge is 1.97. The molecule has 2 heteroatoms. The first-order chi connectivity index (χ1) is 7.43. The van der Waals surface area contributed by atoms with Gasteiger partial charge in [-0.15, -0.1) is 21.5 Å². The van der Waals surface area contributed by atoms with Crippen molar-refractivity contribution in [2.45, 2.75) is 50.0 Å². The molecule has 0 heterocycles. The molecule has 0 saturated carbocycles. The Balaban J connectivity index is 0.00000225. The SMILES string of the molecule is Br.CCCCCCC[CH2][Mg][c]1ccccc1. The van der Waals surface area contributed by atoms with Crippen LogP contribution in [0.2, 0.25) is 4.55 Å². The molecule has 0 bridgehead atoms. The molecule has 0 aliphatic rings. The highest BCUT2D eigenvalue weighted by atomic mass is 79.9. The van der Waals surface area contributed by atoms with Gasteiger partial charge in [-0.05, 0) is 0 Å². The number of hydrogen-bond donors (Lipinski definition) is 0. The summed E-state index contributed by atoms with van der Waals surface area (Å²) in [5.41, 5.74) is 0. The first-order valence-electron chi connectivity index (χ1n) is 6.47. The molecule has 1 rings (SSSR count). The Kier molecular flexibility index (Phi) is 12.3. The van der Waals surface area contributed by atoms with Crippen LogP contribution in [0.5, 0.6) is 0 Å². The Hall–Kier alpha value is 0.466. The largest absolute Gasteiger partial charge is 0.408 e. The van der Waals surface area contributed by atoms with Crippen LogP contribution in [0.3, 0.4) is 0 Å². The molecule has 0 aliphatic carbocycles. The zero-order valence-electron chi connectivity index (χ0n) is 10.5. The van der Waals surface area contributed by atoms with Crippen LogP contribution in [-0.4, -0.2) is 20.4 Å². The molecule has 0 N–H and O–H groups in total. The van der Waals surface area contributed by atoms with E-state index in [1.165, 1.54) is 43.1 Å². The van der Waals surface area contributed by atoms with Crippen molar-refractivity contribution in [1.82, 2.24) is 0 Å². The van der Waals surface area contributed by atoms with Crippen molar-refractivity contribution in [2.24, 2.45) is 0 Å². The van der Waals surface area contributed by atoms with Crippen LogP contribution in [-0.2, 0) is 0 Å². The molecule has 0 radical (unpaired) electrons. The minimum atomic E-state index is 0. The average Bonchev–Trinajstić information content (AvgIpc) is 2.29. The van der Waals surface area contributed by atoms with Gasteiger partial charge in [0.05, 0.1) is 0 Å². The van der Waals surface area contributed by atoms with Crippen LogP contribution in [0.25, 0.3) is 0 Å². The maximum atomic E-state index is 2.29. The second kappa shape index (κ2) is 11.9. The van der Waals surface area contributed by atoms with Crippen molar-refractivity contribution in [1.29, 1.82) is 0 Å². The topological polar surface area (TPSA) is 0 Å². The normalized spacial score (nSPS) is 9.31. The van der Waals surface area contributed by atoms with Gasteiger partial charge in [0.2, 0.25) is 0 Å². The molecule has 88 valence electrons. The fraction of sp³-hybridized carbons (Fsp3) is 0.571. The number of rotatable bonds is 8. The minimum absolute atomic E-state index is 0. The summed E-state index contributed by atoms with van der Waals surface area (Å²) in [7, 11) is 0. The maximum Gasteiger partial charge on any atom is 0.408 e. The van der Waals surface area contributed by atoms with Crippen molar-refractivity contribution in [3.63, 3.8) is 0 Å². The molecule has 0 unspecified atom stereocenters. The number of halogens is 1. The first kappa shape index (κ1) is 16.5. The second-order valence-corrected chi connectivity index (χ2v) is 6.38. The molecule has 0 aromatic heterocycles. The summed E-state index contributed by atoms with van der Waals surface area (Å²) >= 11 is 0.0491. The van der Waals surface area contributed by atoms with Crippen molar-refractivity contribution in [3.05, 3.63) is 30.3 Å². The molecule has 0 amide bonds. The van der Waals surface area contributed by atoms with Gasteiger partial charge < -0.3 is 0 Å². The molecule has 0 aliphatic heterocycles. The molecule has 1 aromatic carbocycles. The fourth-order valence-electron chi connectivity index (χ4n) is 1.93. The van der Waals surface area contributed by atoms with E-state index in [0.29, 0.717) is 0 Å². The molecular formula is C14H23BrMg. The molecule has 0 atom stereocenters. The van der Waals surface area contributed by atoms with E-state index in [0.717, 1.165) is 0 Å². The Bertz CT molecular complexity index is 236. The van der Waals surface area contributed by atoms with Crippen molar-refractivity contribution in [3.8, 4) is 0 Å². The summed E-state index contributed by atoms with van der Waals surface area (Å²) in [4.78, 5) is 0. The van der Waals surface area contributed by atoms with Crippen LogP contribution in [0.4, 0.5) is 0 Å². The Labute approximate surface area is 121 Å². The quantitative estimate of drug-likeness (QED) is 0.493. The molecule has 0 saturated heterocycles. The van der Waals surface area contributed by atoms with Crippen LogP contribution in [0.1, 0.15) is 45.4 Å². The second-order valence-electron chi connectivity index (χ2n) is 4.36. The van der Waals surface area contributed by atoms with Crippen LogP contribution < -0.4 is 3.69 Å². The molecule has 0 spiro atoms. The van der Waals surface area contributed by atoms with E-state index in [-0.39, 0.29) is 37.3 Å². The molecule has 0 fully saturated rings. The predicted molar refractivity (Wildman–Crippen MR) is 80.3 cm³/mol. The summed E-state index contributed by atoms with van der Waals surface area (Å²) < 4.78 is 3.13. The van der Waals surface area contributed by atoms with E-state index in [1.807, 2.05) is 0 Å². The van der Waals surface area contributed by atoms with Gasteiger partial charge in [0, 0.05) is 0 Å². The summed E-state index contributed by atoms with van der Waals surface area (Å²) in [6.07, 6.45) is 8.61. The van der Waals surface area contributed by atoms with E-state index < -0.39 is 0 Å². The zero-order valence-corrected chi connectivity index (χ0v) is 13.6. The van der Waals surface area contributed by atoms with Gasteiger partial charge >= 0.3 is 20.4 Å². The van der Waals surface area contributed by atoms with E-state index >= 15 is 0 Å². The Morgan fingerprint density at radius 3 is 2.19 bits per heavy atom. The van der Waals surface area contributed by atoms with E-state index in [9.17, 15) is 0 Å². The van der Waals surface area contributed by atoms with Crippen molar-refractivity contribution in [2.75, 3.05) is 0 Å². The molecule has 1 aromatic rings. The lowest BCUT2D eigenvalue weighted by Crippen LogP contribution is -2.12. The van der Waals surface area contributed by atoms with Crippen LogP contribution in [0, 0.1) is 0 Å². The third-order valence-corrected chi connectivity index (χ3v) is 4.81. The molecule has 16 heavy (non-hydrogen) atoms. The summed E-state index contributed by atoms with van der Waals surface area (Å²) in [5.74, 6) is 0. The summed E-state index contributed by atoms with van der Waals surface area (Å²) in [6, 6.07) is 11.0. The smallest absolute Gasteiger partial charge is 0.174 e. The first-order valence-corrected chi connectivity index (χ1v) is 8.18. The average molecular weight is 296 g/mol. The highest BCUT2D eigenvalue weighted by Crippen LogP contribution is 2.06. The zero-order chi connectivity index (χ0) is 10.8. The van der Waals surface area contributed by atoms with E-state index in [1.54, 1.807) is 3.69 Å². The maximum absolute atomic E-state index is 2.29. The van der Waals surface area contributed by atoms with Crippen molar-refractivity contribution >= 4 is 41.0 Å². The third-order valence-electron chi connectivity index (χ3n) is 2.91. The van der Waals surface area contributed by atoms with Gasteiger partial charge in [-0.25, -0.2) is 0 Å². The van der Waals surface area contributed by atoms with Crippen LogP contribution >= 0.6 is 17.0 Å². The molecular weight excluding hydrogens is 272 g/mol. The molecule has 0 nitrogen and oxygen atoms in total. The predicted octanol–water partition coefficient (Wildman–Crippen LogP) is 4.37. The number of benzene rings is 1. The van der Waals surface area contributed by atoms with E-state index in [2.05, 4.69) is 37.3 Å². The van der Waals surface area contributed by atoms with Crippen molar-refractivity contribution < 1.29 is 0 Å². The lowest BCUT2D eigenvalue weighted by atomic mass is 10.1. The van der Waals surface area contributed by atoms with Gasteiger partial charge in [-0.1, -0.05) is 75.8 Å². The summed E-state index contributed by atoms with van der Waals surface area (Å²) in [5, 5.41) is 0. The lowest BCUT2D eigenvalue weighted by molar-refractivity contribution is 0.624. The summed E-state index contributed by atoms with van der Waals surface area (Å²) in [6.45, 7) is 2.28. The number of unbranched alkanes of at least 4 members (excludes halogenated alkanes) is 5. The fourth-order valence-corrected chi connectivity index (χ4v) is 3.55. The van der Waals surface area contributed by atoms with Gasteiger partial charge in [-0.3, -0.25) is 0 Å².